The van der Waals surface area contributed by atoms with Crippen molar-refractivity contribution < 1.29 is 27.5 Å². The van der Waals surface area contributed by atoms with Crippen molar-refractivity contribution in [2.45, 2.75) is 26.4 Å². The van der Waals surface area contributed by atoms with Crippen LogP contribution in [-0.4, -0.2) is 24.7 Å². The monoisotopic (exact) mass is 295 g/mol. The average Bonchev–Trinajstić information content (AvgIpc) is 2.56. The maximum Gasteiger partial charge on any atom is 0.397 e. The minimum Gasteiger partial charge on any atom is -0.462 e. The van der Waals surface area contributed by atoms with Crippen LogP contribution in [0.2, 0.25) is 0 Å². The van der Waals surface area contributed by atoms with Gasteiger partial charge in [-0.1, -0.05) is 0 Å². The van der Waals surface area contributed by atoms with E-state index < -0.39 is 24.5 Å². The summed E-state index contributed by atoms with van der Waals surface area (Å²) in [4.78, 5) is 23.4. The van der Waals surface area contributed by atoms with E-state index in [4.69, 9.17) is 4.74 Å². The summed E-state index contributed by atoms with van der Waals surface area (Å²) >= 11 is 1.02. The van der Waals surface area contributed by atoms with Crippen molar-refractivity contribution >= 4 is 28.2 Å². The summed E-state index contributed by atoms with van der Waals surface area (Å²) in [6, 6.07) is 1.46. The Balaban J connectivity index is 2.83. The smallest absolute Gasteiger partial charge is 0.397 e. The number of halogens is 3. The molecular weight excluding hydrogens is 283 g/mol. The predicted octanol–water partition coefficient (Wildman–Crippen LogP) is 3.12. The van der Waals surface area contributed by atoms with Crippen molar-refractivity contribution in [2.24, 2.45) is 0 Å². The number of hydrogen-bond donors (Lipinski definition) is 1. The lowest BCUT2D eigenvalue weighted by atomic mass is 10.3. The van der Waals surface area contributed by atoms with Crippen LogP contribution >= 0.6 is 11.3 Å². The fraction of sp³-hybridized carbons (Fsp3) is 0.455. The van der Waals surface area contributed by atoms with Crippen molar-refractivity contribution in [2.75, 3.05) is 11.9 Å². The minimum atomic E-state index is -4.58. The van der Waals surface area contributed by atoms with Gasteiger partial charge in [0.05, 0.1) is 12.2 Å². The molecule has 1 aromatic heterocycles. The Morgan fingerprint density at radius 1 is 1.42 bits per heavy atom. The van der Waals surface area contributed by atoms with E-state index >= 15 is 0 Å². The number of carbonyl (C=O) groups excluding carboxylic acids is 2. The van der Waals surface area contributed by atoms with Crippen LogP contribution in [0.4, 0.5) is 18.2 Å². The number of anilines is 1. The van der Waals surface area contributed by atoms with Gasteiger partial charge in [0, 0.05) is 4.88 Å². The number of amides is 1. The molecule has 1 rings (SSSR count). The summed E-state index contributed by atoms with van der Waals surface area (Å²) in [5, 5.41) is 2.16. The highest BCUT2D eigenvalue weighted by molar-refractivity contribution is 7.16. The van der Waals surface area contributed by atoms with Gasteiger partial charge >= 0.3 is 12.1 Å². The molecule has 19 heavy (non-hydrogen) atoms. The first-order chi connectivity index (χ1) is 8.73. The summed E-state index contributed by atoms with van der Waals surface area (Å²) in [5.74, 6) is -1.88. The highest BCUT2D eigenvalue weighted by Crippen LogP contribution is 2.29. The van der Waals surface area contributed by atoms with Crippen molar-refractivity contribution in [1.82, 2.24) is 0 Å². The van der Waals surface area contributed by atoms with E-state index in [0.29, 0.717) is 4.88 Å². The fourth-order valence-electron chi connectivity index (χ4n) is 1.32. The first kappa shape index (κ1) is 15.5. The Morgan fingerprint density at radius 2 is 2.05 bits per heavy atom. The van der Waals surface area contributed by atoms with E-state index in [-0.39, 0.29) is 17.2 Å². The highest BCUT2D eigenvalue weighted by atomic mass is 32.1. The van der Waals surface area contributed by atoms with Crippen LogP contribution < -0.4 is 5.32 Å². The van der Waals surface area contributed by atoms with E-state index in [2.05, 4.69) is 5.32 Å². The normalized spacial score (nSPS) is 11.2. The van der Waals surface area contributed by atoms with Crippen LogP contribution in [0.15, 0.2) is 6.07 Å². The SMILES string of the molecule is CCOC(=O)c1cc(C)sc1NC(=O)CC(F)(F)F. The molecule has 8 heteroatoms. The van der Waals surface area contributed by atoms with E-state index in [9.17, 15) is 22.8 Å². The summed E-state index contributed by atoms with van der Waals surface area (Å²) in [5.41, 5.74) is 0.0693. The molecule has 1 aromatic rings. The van der Waals surface area contributed by atoms with E-state index in [1.54, 1.807) is 13.8 Å². The molecule has 0 aliphatic rings. The number of carbonyl (C=O) groups is 2. The molecule has 1 amide bonds. The standard InChI is InChI=1S/C11H12F3NO3S/c1-3-18-10(17)7-4-6(2)19-9(7)15-8(16)5-11(12,13)14/h4H,3,5H2,1-2H3,(H,15,16). The van der Waals surface area contributed by atoms with Crippen LogP contribution in [0.25, 0.3) is 0 Å². The third-order valence-corrected chi connectivity index (χ3v) is 2.93. The van der Waals surface area contributed by atoms with Gasteiger partial charge in [-0.25, -0.2) is 4.79 Å². The van der Waals surface area contributed by atoms with Crippen molar-refractivity contribution in [1.29, 1.82) is 0 Å². The van der Waals surface area contributed by atoms with Gasteiger partial charge in [-0.05, 0) is 19.9 Å². The number of rotatable bonds is 4. The topological polar surface area (TPSA) is 55.4 Å². The van der Waals surface area contributed by atoms with Gasteiger partial charge in [-0.3, -0.25) is 4.79 Å². The molecule has 1 heterocycles. The second-order valence-corrected chi connectivity index (χ2v) is 4.92. The molecule has 0 bridgehead atoms. The molecule has 106 valence electrons. The molecule has 0 radical (unpaired) electrons. The Hall–Kier alpha value is -1.57. The van der Waals surface area contributed by atoms with Crippen LogP contribution in [0.5, 0.6) is 0 Å². The van der Waals surface area contributed by atoms with Gasteiger partial charge in [0.15, 0.2) is 0 Å². The van der Waals surface area contributed by atoms with Gasteiger partial charge in [0.2, 0.25) is 5.91 Å². The van der Waals surface area contributed by atoms with Gasteiger partial charge in [-0.2, -0.15) is 13.2 Å². The van der Waals surface area contributed by atoms with Gasteiger partial charge in [0.1, 0.15) is 11.4 Å². The van der Waals surface area contributed by atoms with Crippen molar-refractivity contribution in [3.8, 4) is 0 Å². The Labute approximate surface area is 111 Å². The second kappa shape index (κ2) is 6.05. The van der Waals surface area contributed by atoms with Gasteiger partial charge in [-0.15, -0.1) is 11.3 Å². The highest BCUT2D eigenvalue weighted by Gasteiger charge is 2.32. The van der Waals surface area contributed by atoms with Gasteiger partial charge < -0.3 is 10.1 Å². The first-order valence-corrected chi connectivity index (χ1v) is 6.18. The zero-order chi connectivity index (χ0) is 14.6. The molecule has 0 saturated heterocycles. The molecular formula is C11H12F3NO3S. The molecule has 1 N–H and O–H groups in total. The number of alkyl halides is 3. The Bertz CT molecular complexity index is 482. The number of ether oxygens (including phenoxy) is 1. The minimum absolute atomic E-state index is 0.0693. The number of hydrogen-bond acceptors (Lipinski definition) is 4. The number of aryl methyl sites for hydroxylation is 1. The third kappa shape index (κ3) is 4.90. The fourth-order valence-corrected chi connectivity index (χ4v) is 2.24. The lowest BCUT2D eigenvalue weighted by Gasteiger charge is -2.07. The van der Waals surface area contributed by atoms with E-state index in [1.807, 2.05) is 0 Å². The predicted molar refractivity (Wildman–Crippen MR) is 64.3 cm³/mol. The molecule has 0 aliphatic carbocycles. The average molecular weight is 295 g/mol. The number of thiophene rings is 1. The molecule has 0 spiro atoms. The molecule has 4 nitrogen and oxygen atoms in total. The largest absolute Gasteiger partial charge is 0.462 e. The summed E-state index contributed by atoms with van der Waals surface area (Å²) in [6.45, 7) is 3.43. The van der Waals surface area contributed by atoms with Crippen molar-refractivity contribution in [3.05, 3.63) is 16.5 Å². The van der Waals surface area contributed by atoms with Crippen LogP contribution in [-0.2, 0) is 9.53 Å². The molecule has 0 aliphatic heterocycles. The summed E-state index contributed by atoms with van der Waals surface area (Å²) in [7, 11) is 0. The number of nitrogens with one attached hydrogen (secondary N) is 1. The Morgan fingerprint density at radius 3 is 2.58 bits per heavy atom. The molecule has 0 fully saturated rings. The third-order valence-electron chi connectivity index (χ3n) is 1.96. The summed E-state index contributed by atoms with van der Waals surface area (Å²) < 4.78 is 40.9. The summed E-state index contributed by atoms with van der Waals surface area (Å²) in [6.07, 6.45) is -6.17. The first-order valence-electron chi connectivity index (χ1n) is 5.37. The van der Waals surface area contributed by atoms with E-state index in [1.165, 1.54) is 6.07 Å². The molecule has 0 atom stereocenters. The number of esters is 1. The van der Waals surface area contributed by atoms with Crippen molar-refractivity contribution in [3.63, 3.8) is 0 Å². The maximum atomic E-state index is 12.0. The molecule has 0 aromatic carbocycles. The van der Waals surface area contributed by atoms with Crippen LogP contribution in [0.3, 0.4) is 0 Å². The molecule has 0 saturated carbocycles. The van der Waals surface area contributed by atoms with Gasteiger partial charge in [0.25, 0.3) is 0 Å². The zero-order valence-electron chi connectivity index (χ0n) is 10.3. The van der Waals surface area contributed by atoms with Crippen LogP contribution in [0, 0.1) is 6.92 Å². The lowest BCUT2D eigenvalue weighted by Crippen LogP contribution is -2.21. The lowest BCUT2D eigenvalue weighted by molar-refractivity contribution is -0.150. The molecule has 0 unspecified atom stereocenters. The van der Waals surface area contributed by atoms with Crippen LogP contribution in [0.1, 0.15) is 28.6 Å². The van der Waals surface area contributed by atoms with E-state index in [0.717, 1.165) is 11.3 Å². The Kier molecular flexibility index (Phi) is 4.93. The quantitative estimate of drug-likeness (QED) is 0.868. The second-order valence-electron chi connectivity index (χ2n) is 3.66. The maximum absolute atomic E-state index is 12.0. The zero-order valence-corrected chi connectivity index (χ0v) is 11.1.